The Hall–Kier alpha value is -2.10. The molecule has 0 saturated heterocycles. The Labute approximate surface area is 186 Å². The lowest BCUT2D eigenvalue weighted by atomic mass is 10.2. The Morgan fingerprint density at radius 2 is 1.93 bits per heavy atom. The quantitative estimate of drug-likeness (QED) is 0.375. The minimum Gasteiger partial charge on any atom is -0.383 e. The fraction of sp³-hybridized carbons (Fsp3) is 0.500. The fourth-order valence-corrected chi connectivity index (χ4v) is 3.60. The van der Waals surface area contributed by atoms with Crippen molar-refractivity contribution in [1.82, 2.24) is 25.4 Å². The number of hydrogen-bond acceptors (Lipinski definition) is 6. The zero-order chi connectivity index (χ0) is 21.8. The smallest absolute Gasteiger partial charge is 0.321 e. The van der Waals surface area contributed by atoms with Gasteiger partial charge in [-0.25, -0.2) is 4.79 Å². The molecule has 2 rings (SSSR count). The number of hydrogen-bond donors (Lipinski definition) is 2. The normalized spacial score (nSPS) is 10.8. The number of ether oxygens (including phenoxy) is 1. The van der Waals surface area contributed by atoms with E-state index in [4.69, 9.17) is 16.3 Å². The van der Waals surface area contributed by atoms with Crippen molar-refractivity contribution in [3.8, 4) is 11.4 Å². The van der Waals surface area contributed by atoms with Gasteiger partial charge in [-0.2, -0.15) is 0 Å². The summed E-state index contributed by atoms with van der Waals surface area (Å²) in [5, 5.41) is 14.7. The van der Waals surface area contributed by atoms with E-state index in [1.54, 1.807) is 0 Å². The molecule has 0 spiro atoms. The average molecular weight is 454 g/mol. The van der Waals surface area contributed by atoms with Crippen LogP contribution in [0.1, 0.15) is 32.6 Å². The summed E-state index contributed by atoms with van der Waals surface area (Å²) in [6, 6.07) is 6.90. The van der Waals surface area contributed by atoms with Crippen molar-refractivity contribution in [2.45, 2.75) is 44.3 Å². The number of aromatic nitrogens is 3. The summed E-state index contributed by atoms with van der Waals surface area (Å²) < 4.78 is 6.87. The number of imide groups is 1. The first-order valence-electron chi connectivity index (χ1n) is 9.93. The lowest BCUT2D eigenvalue weighted by Gasteiger charge is -2.10. The van der Waals surface area contributed by atoms with E-state index >= 15 is 0 Å². The van der Waals surface area contributed by atoms with Crippen LogP contribution in [-0.2, 0) is 16.1 Å². The van der Waals surface area contributed by atoms with Gasteiger partial charge >= 0.3 is 6.03 Å². The average Bonchev–Trinajstić information content (AvgIpc) is 3.13. The third kappa shape index (κ3) is 7.97. The highest BCUT2D eigenvalue weighted by atomic mass is 35.5. The van der Waals surface area contributed by atoms with Gasteiger partial charge in [-0.15, -0.1) is 10.2 Å². The van der Waals surface area contributed by atoms with E-state index in [0.717, 1.165) is 37.2 Å². The number of unbranched alkanes of at least 4 members (excludes halogenated alkanes) is 3. The van der Waals surface area contributed by atoms with Crippen LogP contribution in [0.5, 0.6) is 0 Å². The molecule has 0 unspecified atom stereocenters. The first kappa shape index (κ1) is 24.2. The highest BCUT2D eigenvalue weighted by Crippen LogP contribution is 2.25. The standard InChI is InChI=1S/C20H28ClN5O3S/c1-3-4-5-6-12-26-18(15-7-9-16(21)10-8-15)24-25-20(26)30-14-17(27)23-19(28)22-11-13-29-2/h7-10H,3-6,11-14H2,1-2H3,(H2,22,23,27,28). The van der Waals surface area contributed by atoms with E-state index < -0.39 is 11.9 Å². The van der Waals surface area contributed by atoms with Crippen LogP contribution in [0.15, 0.2) is 29.4 Å². The number of urea groups is 1. The second kappa shape index (κ2) is 13.3. The summed E-state index contributed by atoms with van der Waals surface area (Å²) in [4.78, 5) is 23.8. The predicted molar refractivity (Wildman–Crippen MR) is 119 cm³/mol. The Morgan fingerprint density at radius 3 is 2.63 bits per heavy atom. The highest BCUT2D eigenvalue weighted by molar-refractivity contribution is 7.99. The third-order valence-electron chi connectivity index (χ3n) is 4.23. The SMILES string of the molecule is CCCCCCn1c(SCC(=O)NC(=O)NCCOC)nnc1-c1ccc(Cl)cc1. The summed E-state index contributed by atoms with van der Waals surface area (Å²) in [6.45, 7) is 3.64. The number of thioether (sulfide) groups is 1. The molecule has 8 nitrogen and oxygen atoms in total. The van der Waals surface area contributed by atoms with E-state index in [1.807, 2.05) is 28.8 Å². The molecule has 1 aromatic heterocycles. The van der Waals surface area contributed by atoms with Crippen LogP contribution in [0.3, 0.4) is 0 Å². The molecule has 0 aliphatic rings. The minimum atomic E-state index is -0.541. The molecule has 2 N–H and O–H groups in total. The Bertz CT molecular complexity index is 813. The molecular formula is C20H28ClN5O3S. The second-order valence-corrected chi connectivity index (χ2v) is 7.99. The fourth-order valence-electron chi connectivity index (χ4n) is 2.71. The molecule has 164 valence electrons. The summed E-state index contributed by atoms with van der Waals surface area (Å²) in [5.74, 6) is 0.401. The number of carbonyl (C=O) groups is 2. The van der Waals surface area contributed by atoms with Crippen LogP contribution in [0.4, 0.5) is 4.79 Å². The van der Waals surface area contributed by atoms with Crippen LogP contribution in [-0.4, -0.2) is 52.7 Å². The number of carbonyl (C=O) groups excluding carboxylic acids is 2. The molecule has 0 bridgehead atoms. The highest BCUT2D eigenvalue weighted by Gasteiger charge is 2.16. The van der Waals surface area contributed by atoms with Crippen LogP contribution in [0, 0.1) is 0 Å². The Kier molecular flexibility index (Phi) is 10.7. The van der Waals surface area contributed by atoms with Crippen molar-refractivity contribution < 1.29 is 14.3 Å². The van der Waals surface area contributed by atoms with Gasteiger partial charge in [0.05, 0.1) is 12.4 Å². The van der Waals surface area contributed by atoms with Crippen LogP contribution < -0.4 is 10.6 Å². The molecule has 0 aliphatic carbocycles. The molecule has 0 atom stereocenters. The van der Waals surface area contributed by atoms with Crippen molar-refractivity contribution in [1.29, 1.82) is 0 Å². The van der Waals surface area contributed by atoms with Gasteiger partial charge in [0.2, 0.25) is 5.91 Å². The molecule has 2 aromatic rings. The summed E-state index contributed by atoms with van der Waals surface area (Å²) in [5.41, 5.74) is 0.913. The maximum atomic E-state index is 12.1. The largest absolute Gasteiger partial charge is 0.383 e. The molecule has 1 aromatic carbocycles. The van der Waals surface area contributed by atoms with Gasteiger partial charge in [0.25, 0.3) is 0 Å². The van der Waals surface area contributed by atoms with Crippen LogP contribution in [0.2, 0.25) is 5.02 Å². The second-order valence-electron chi connectivity index (χ2n) is 6.61. The number of rotatable bonds is 12. The first-order chi connectivity index (χ1) is 14.5. The zero-order valence-corrected chi connectivity index (χ0v) is 18.9. The first-order valence-corrected chi connectivity index (χ1v) is 11.3. The van der Waals surface area contributed by atoms with E-state index in [2.05, 4.69) is 27.8 Å². The van der Waals surface area contributed by atoms with Gasteiger partial charge in [-0.3, -0.25) is 10.1 Å². The number of amides is 3. The summed E-state index contributed by atoms with van der Waals surface area (Å²) in [6.07, 6.45) is 4.43. The van der Waals surface area contributed by atoms with Crippen molar-refractivity contribution in [2.75, 3.05) is 26.0 Å². The molecule has 0 aliphatic heterocycles. The number of benzene rings is 1. The Morgan fingerprint density at radius 1 is 1.17 bits per heavy atom. The maximum absolute atomic E-state index is 12.1. The lowest BCUT2D eigenvalue weighted by Crippen LogP contribution is -2.41. The number of methoxy groups -OCH3 is 1. The van der Waals surface area contributed by atoms with Crippen molar-refractivity contribution in [3.05, 3.63) is 29.3 Å². The van der Waals surface area contributed by atoms with E-state index in [-0.39, 0.29) is 5.75 Å². The van der Waals surface area contributed by atoms with E-state index in [1.165, 1.54) is 25.3 Å². The molecule has 30 heavy (non-hydrogen) atoms. The topological polar surface area (TPSA) is 98.1 Å². The Balaban J connectivity index is 2.02. The van der Waals surface area contributed by atoms with Gasteiger partial charge in [0.15, 0.2) is 11.0 Å². The zero-order valence-electron chi connectivity index (χ0n) is 17.3. The number of nitrogens with one attached hydrogen (secondary N) is 2. The van der Waals surface area contributed by atoms with Gasteiger partial charge in [0, 0.05) is 30.8 Å². The lowest BCUT2D eigenvalue weighted by molar-refractivity contribution is -0.117. The summed E-state index contributed by atoms with van der Waals surface area (Å²) in [7, 11) is 1.54. The van der Waals surface area contributed by atoms with Gasteiger partial charge in [0.1, 0.15) is 0 Å². The number of nitrogens with zero attached hydrogens (tertiary/aromatic N) is 3. The van der Waals surface area contributed by atoms with Crippen molar-refractivity contribution in [3.63, 3.8) is 0 Å². The molecule has 0 radical (unpaired) electrons. The predicted octanol–water partition coefficient (Wildman–Crippen LogP) is 3.74. The maximum Gasteiger partial charge on any atom is 0.321 e. The van der Waals surface area contributed by atoms with E-state index in [0.29, 0.717) is 23.3 Å². The van der Waals surface area contributed by atoms with E-state index in [9.17, 15) is 9.59 Å². The number of halogens is 1. The van der Waals surface area contributed by atoms with Crippen molar-refractivity contribution in [2.24, 2.45) is 0 Å². The molecular weight excluding hydrogens is 426 g/mol. The molecule has 0 fully saturated rings. The monoisotopic (exact) mass is 453 g/mol. The molecule has 1 heterocycles. The summed E-state index contributed by atoms with van der Waals surface area (Å²) >= 11 is 7.25. The molecule has 3 amide bonds. The van der Waals surface area contributed by atoms with Gasteiger partial charge in [-0.05, 0) is 30.7 Å². The minimum absolute atomic E-state index is 0.0609. The van der Waals surface area contributed by atoms with Gasteiger partial charge < -0.3 is 14.6 Å². The third-order valence-corrected chi connectivity index (χ3v) is 5.45. The van der Waals surface area contributed by atoms with Crippen LogP contribution >= 0.6 is 23.4 Å². The van der Waals surface area contributed by atoms with Gasteiger partial charge in [-0.1, -0.05) is 49.5 Å². The van der Waals surface area contributed by atoms with Crippen LogP contribution in [0.25, 0.3) is 11.4 Å². The van der Waals surface area contributed by atoms with Crippen molar-refractivity contribution >= 4 is 35.3 Å². The molecule has 10 heteroatoms. The molecule has 0 saturated carbocycles.